The molecule has 0 amide bonds. The molecular formula is C12H12Na2O3. The Kier molecular flexibility index (Phi) is 18.4. The summed E-state index contributed by atoms with van der Waals surface area (Å²) in [7, 11) is 0. The molecule has 3 nitrogen and oxygen atoms in total. The van der Waals surface area contributed by atoms with Crippen LogP contribution >= 0.6 is 0 Å². The molecule has 2 aromatic rings. The van der Waals surface area contributed by atoms with E-state index in [1.54, 1.807) is 24.3 Å². The van der Waals surface area contributed by atoms with E-state index in [4.69, 9.17) is 0 Å². The van der Waals surface area contributed by atoms with Crippen molar-refractivity contribution in [3.8, 4) is 11.5 Å². The first-order valence-corrected chi connectivity index (χ1v) is 4.23. The number of hydrogen-bond acceptors (Lipinski definition) is 2. The van der Waals surface area contributed by atoms with Crippen LogP contribution in [0.4, 0.5) is 0 Å². The quantitative estimate of drug-likeness (QED) is 0.438. The van der Waals surface area contributed by atoms with Gasteiger partial charge in [0.2, 0.25) is 0 Å². The summed E-state index contributed by atoms with van der Waals surface area (Å²) in [4.78, 5) is 0. The van der Waals surface area contributed by atoms with E-state index in [0.717, 1.165) is 0 Å². The fourth-order valence-corrected chi connectivity index (χ4v) is 0.841. The molecule has 0 atom stereocenters. The predicted octanol–water partition coefficient (Wildman–Crippen LogP) is -5.30. The van der Waals surface area contributed by atoms with Crippen molar-refractivity contribution in [1.29, 1.82) is 0 Å². The van der Waals surface area contributed by atoms with Crippen LogP contribution in [-0.4, -0.2) is 5.48 Å². The average Bonchev–Trinajstić information content (AvgIpc) is 2.21. The molecule has 0 bridgehead atoms. The number of rotatable bonds is 0. The van der Waals surface area contributed by atoms with Crippen LogP contribution in [0.2, 0.25) is 0 Å². The Balaban J connectivity index is -0.000000196. The molecule has 0 radical (unpaired) electrons. The number of para-hydroxylation sites is 2. The predicted molar refractivity (Wildman–Crippen MR) is 55.4 cm³/mol. The van der Waals surface area contributed by atoms with Crippen molar-refractivity contribution in [2.75, 3.05) is 0 Å². The molecule has 0 aliphatic carbocycles. The third kappa shape index (κ3) is 12.2. The molecule has 0 aliphatic heterocycles. The van der Waals surface area contributed by atoms with E-state index in [1.807, 2.05) is 12.1 Å². The molecule has 0 fully saturated rings. The van der Waals surface area contributed by atoms with E-state index in [0.29, 0.717) is 0 Å². The Morgan fingerprint density at radius 3 is 0.882 bits per heavy atom. The molecular weight excluding hydrogens is 238 g/mol. The van der Waals surface area contributed by atoms with Crippen LogP contribution in [0.1, 0.15) is 0 Å². The molecule has 5 heteroatoms. The molecule has 2 rings (SSSR count). The van der Waals surface area contributed by atoms with Gasteiger partial charge in [-0.2, -0.15) is 0 Å². The largest absolute Gasteiger partial charge is 1.00 e. The van der Waals surface area contributed by atoms with E-state index in [2.05, 4.69) is 0 Å². The average molecular weight is 250 g/mol. The first-order chi connectivity index (χ1) is 6.79. The number of benzene rings is 2. The maximum atomic E-state index is 10.3. The Morgan fingerprint density at radius 1 is 0.529 bits per heavy atom. The van der Waals surface area contributed by atoms with Crippen LogP contribution in [0.25, 0.3) is 0 Å². The minimum Gasteiger partial charge on any atom is -0.872 e. The van der Waals surface area contributed by atoms with Gasteiger partial charge in [0.05, 0.1) is 0 Å². The maximum Gasteiger partial charge on any atom is 1.00 e. The van der Waals surface area contributed by atoms with Crippen LogP contribution < -0.4 is 69.3 Å². The van der Waals surface area contributed by atoms with Gasteiger partial charge in [0.15, 0.2) is 0 Å². The van der Waals surface area contributed by atoms with Crippen molar-refractivity contribution in [1.82, 2.24) is 0 Å². The van der Waals surface area contributed by atoms with Crippen LogP contribution in [0.5, 0.6) is 11.5 Å². The third-order valence-corrected chi connectivity index (χ3v) is 1.49. The zero-order valence-electron chi connectivity index (χ0n) is 10.1. The van der Waals surface area contributed by atoms with Gasteiger partial charge in [-0.05, 0) is 0 Å². The first-order valence-electron chi connectivity index (χ1n) is 4.23. The molecule has 0 saturated heterocycles. The van der Waals surface area contributed by atoms with Crippen molar-refractivity contribution in [2.45, 2.75) is 0 Å². The van der Waals surface area contributed by atoms with Crippen LogP contribution in [0.3, 0.4) is 0 Å². The van der Waals surface area contributed by atoms with Gasteiger partial charge in [-0.25, -0.2) is 0 Å². The molecule has 0 spiro atoms. The molecule has 80 valence electrons. The standard InChI is InChI=1S/2C6H6O.2Na.H2O/c2*7-6-4-2-1-3-5-6;;;/h2*1-5,7H;;;1H2/q;;2*+1;/p-2. The van der Waals surface area contributed by atoms with Gasteiger partial charge in [0, 0.05) is 0 Å². The minimum atomic E-state index is 0. The van der Waals surface area contributed by atoms with E-state index >= 15 is 0 Å². The molecule has 0 heterocycles. The zero-order valence-corrected chi connectivity index (χ0v) is 14.1. The summed E-state index contributed by atoms with van der Waals surface area (Å²) in [5.41, 5.74) is 0. The van der Waals surface area contributed by atoms with Crippen molar-refractivity contribution < 1.29 is 74.8 Å². The first kappa shape index (κ1) is 22.2. The maximum absolute atomic E-state index is 10.3. The fourth-order valence-electron chi connectivity index (χ4n) is 0.841. The zero-order chi connectivity index (χ0) is 10.2. The SMILES string of the molecule is O.[Na+].[Na+].[O-]c1ccccc1.[O-]c1ccccc1. The van der Waals surface area contributed by atoms with Crippen molar-refractivity contribution >= 4 is 0 Å². The summed E-state index contributed by atoms with van der Waals surface area (Å²) in [6, 6.07) is 16.7. The molecule has 2 aromatic carbocycles. The summed E-state index contributed by atoms with van der Waals surface area (Å²) >= 11 is 0. The second-order valence-electron chi connectivity index (χ2n) is 2.63. The normalized spacial score (nSPS) is 7.06. The summed E-state index contributed by atoms with van der Waals surface area (Å²) in [6.45, 7) is 0. The van der Waals surface area contributed by atoms with Crippen LogP contribution in [0, 0.1) is 0 Å². The molecule has 17 heavy (non-hydrogen) atoms. The smallest absolute Gasteiger partial charge is 0.872 e. The molecule has 0 aromatic heterocycles. The van der Waals surface area contributed by atoms with Crippen molar-refractivity contribution in [3.05, 3.63) is 60.7 Å². The van der Waals surface area contributed by atoms with Crippen LogP contribution in [0.15, 0.2) is 60.7 Å². The molecule has 0 saturated carbocycles. The second kappa shape index (κ2) is 14.1. The van der Waals surface area contributed by atoms with E-state index in [-0.39, 0.29) is 76.1 Å². The number of hydrogen-bond donors (Lipinski definition) is 0. The fraction of sp³-hybridized carbons (Fsp3) is 0. The summed E-state index contributed by atoms with van der Waals surface area (Å²) in [5, 5.41) is 20.5. The van der Waals surface area contributed by atoms with E-state index in [9.17, 15) is 10.2 Å². The topological polar surface area (TPSA) is 77.6 Å². The van der Waals surface area contributed by atoms with Gasteiger partial charge in [0.25, 0.3) is 0 Å². The molecule has 0 aliphatic rings. The summed E-state index contributed by atoms with van der Waals surface area (Å²) in [6.07, 6.45) is 0. The Morgan fingerprint density at radius 2 is 0.765 bits per heavy atom. The van der Waals surface area contributed by atoms with E-state index in [1.165, 1.54) is 24.3 Å². The van der Waals surface area contributed by atoms with Gasteiger partial charge >= 0.3 is 59.1 Å². The Labute approximate surface area is 145 Å². The van der Waals surface area contributed by atoms with Gasteiger partial charge in [-0.3, -0.25) is 0 Å². The Bertz CT molecular complexity index is 317. The van der Waals surface area contributed by atoms with Crippen LogP contribution in [-0.2, 0) is 0 Å². The monoisotopic (exact) mass is 250 g/mol. The van der Waals surface area contributed by atoms with Gasteiger partial charge in [0.1, 0.15) is 0 Å². The van der Waals surface area contributed by atoms with Crippen molar-refractivity contribution in [3.63, 3.8) is 0 Å². The van der Waals surface area contributed by atoms with Gasteiger partial charge in [-0.15, -0.1) is 11.5 Å². The molecule has 2 N–H and O–H groups in total. The Hall–Kier alpha value is 0.000000000000000222. The second-order valence-corrected chi connectivity index (χ2v) is 2.63. The van der Waals surface area contributed by atoms with E-state index < -0.39 is 0 Å². The minimum absolute atomic E-state index is 0. The summed E-state index contributed by atoms with van der Waals surface area (Å²) in [5.74, 6) is 0.144. The van der Waals surface area contributed by atoms with Gasteiger partial charge < -0.3 is 15.7 Å². The third-order valence-electron chi connectivity index (χ3n) is 1.49. The van der Waals surface area contributed by atoms with Gasteiger partial charge in [-0.1, -0.05) is 60.7 Å². The van der Waals surface area contributed by atoms with Crippen molar-refractivity contribution in [2.24, 2.45) is 0 Å². The summed E-state index contributed by atoms with van der Waals surface area (Å²) < 4.78 is 0. The molecule has 0 unspecified atom stereocenters.